The van der Waals surface area contributed by atoms with Gasteiger partial charge in [-0.1, -0.05) is 34.5 Å². The second kappa shape index (κ2) is 9.78. The average molecular weight is 495 g/mol. The van der Waals surface area contributed by atoms with E-state index in [4.69, 9.17) is 11.6 Å². The Balaban J connectivity index is 1.80. The maximum atomic E-state index is 13.1. The Bertz CT molecular complexity index is 1070. The highest BCUT2D eigenvalue weighted by Crippen LogP contribution is 2.26. The molecule has 29 heavy (non-hydrogen) atoms. The van der Waals surface area contributed by atoms with Crippen LogP contribution in [0.2, 0.25) is 5.02 Å². The number of nitrogens with zero attached hydrogens (tertiary/aromatic N) is 2. The predicted molar refractivity (Wildman–Crippen MR) is 123 cm³/mol. The van der Waals surface area contributed by atoms with Gasteiger partial charge >= 0.3 is 0 Å². The quantitative estimate of drug-likeness (QED) is 0.455. The van der Waals surface area contributed by atoms with E-state index in [2.05, 4.69) is 25.9 Å². The van der Waals surface area contributed by atoms with Crippen molar-refractivity contribution in [3.05, 3.63) is 68.1 Å². The highest BCUT2D eigenvalue weighted by molar-refractivity contribution is 9.10. The lowest BCUT2D eigenvalue weighted by atomic mass is 10.2. The summed E-state index contributed by atoms with van der Waals surface area (Å²) in [7, 11) is 0. The van der Waals surface area contributed by atoms with Crippen molar-refractivity contribution in [3.8, 4) is 0 Å². The average Bonchev–Trinajstić information content (AvgIpc) is 2.68. The molecule has 3 rings (SSSR count). The Morgan fingerprint density at radius 1 is 1.28 bits per heavy atom. The van der Waals surface area contributed by atoms with Gasteiger partial charge < -0.3 is 9.88 Å². The summed E-state index contributed by atoms with van der Waals surface area (Å²) < 4.78 is 1.000. The molecule has 8 heteroatoms. The van der Waals surface area contributed by atoms with E-state index in [1.165, 1.54) is 11.8 Å². The summed E-state index contributed by atoms with van der Waals surface area (Å²) in [6.45, 7) is 4.74. The molecule has 3 aromatic rings. The standard InChI is InChI=1S/C21H21BrClN3O2S/c1-3-10-26(21(28)13(2)29-16-7-4-14(22)5-8-16)12-19-24-18-11-15(23)6-9-17(18)20(27)25-19/h4-9,11,13H,3,10,12H2,1-2H3,(H,24,25,27). The first-order valence-corrected chi connectivity index (χ1v) is 11.3. The van der Waals surface area contributed by atoms with Gasteiger partial charge in [0.15, 0.2) is 0 Å². The van der Waals surface area contributed by atoms with Gasteiger partial charge in [-0.15, -0.1) is 11.8 Å². The highest BCUT2D eigenvalue weighted by atomic mass is 79.9. The molecule has 5 nitrogen and oxygen atoms in total. The van der Waals surface area contributed by atoms with E-state index in [0.29, 0.717) is 28.3 Å². The molecular formula is C21H21BrClN3O2S. The molecule has 0 fully saturated rings. The van der Waals surface area contributed by atoms with E-state index in [0.717, 1.165) is 15.8 Å². The topological polar surface area (TPSA) is 66.1 Å². The zero-order valence-corrected chi connectivity index (χ0v) is 19.3. The van der Waals surface area contributed by atoms with Crippen LogP contribution in [0.15, 0.2) is 56.6 Å². The molecule has 0 saturated heterocycles. The maximum Gasteiger partial charge on any atom is 0.258 e. The Hall–Kier alpha value is -1.83. The van der Waals surface area contributed by atoms with Crippen LogP contribution in [0, 0.1) is 0 Å². The van der Waals surface area contributed by atoms with Gasteiger partial charge in [0.05, 0.1) is 22.7 Å². The van der Waals surface area contributed by atoms with E-state index < -0.39 is 0 Å². The lowest BCUT2D eigenvalue weighted by Gasteiger charge is -2.25. The van der Waals surface area contributed by atoms with Gasteiger partial charge in [-0.2, -0.15) is 0 Å². The minimum atomic E-state index is -0.260. The van der Waals surface area contributed by atoms with Crippen molar-refractivity contribution in [2.75, 3.05) is 6.54 Å². The van der Waals surface area contributed by atoms with Crippen LogP contribution < -0.4 is 5.56 Å². The van der Waals surface area contributed by atoms with Crippen LogP contribution in [0.3, 0.4) is 0 Å². The molecule has 0 radical (unpaired) electrons. The SMILES string of the molecule is CCCN(Cc1nc2cc(Cl)ccc2c(=O)[nH]1)C(=O)C(C)Sc1ccc(Br)cc1. The van der Waals surface area contributed by atoms with Crippen LogP contribution in [-0.4, -0.2) is 32.6 Å². The summed E-state index contributed by atoms with van der Waals surface area (Å²) in [6, 6.07) is 12.8. The molecule has 1 N–H and O–H groups in total. The number of hydrogen-bond donors (Lipinski definition) is 1. The number of fused-ring (bicyclic) bond motifs is 1. The second-order valence-corrected chi connectivity index (χ2v) is 9.41. The molecule has 0 bridgehead atoms. The molecule has 2 aromatic carbocycles. The number of aromatic nitrogens is 2. The molecule has 1 aromatic heterocycles. The Labute approximate surface area is 187 Å². The van der Waals surface area contributed by atoms with Gasteiger partial charge in [0, 0.05) is 20.9 Å². The van der Waals surface area contributed by atoms with Crippen molar-refractivity contribution >= 4 is 56.1 Å². The maximum absolute atomic E-state index is 13.1. The van der Waals surface area contributed by atoms with Crippen LogP contribution in [0.25, 0.3) is 10.9 Å². The number of aromatic amines is 1. The number of amides is 1. The van der Waals surface area contributed by atoms with E-state index >= 15 is 0 Å². The van der Waals surface area contributed by atoms with Crippen molar-refractivity contribution in [1.82, 2.24) is 14.9 Å². The van der Waals surface area contributed by atoms with Crippen LogP contribution >= 0.6 is 39.3 Å². The fourth-order valence-corrected chi connectivity index (χ4v) is 4.36. The predicted octanol–water partition coefficient (Wildman–Crippen LogP) is 5.26. The first-order chi connectivity index (χ1) is 13.9. The smallest absolute Gasteiger partial charge is 0.258 e. The second-order valence-electron chi connectivity index (χ2n) is 6.65. The first-order valence-electron chi connectivity index (χ1n) is 9.27. The first kappa shape index (κ1) is 21.9. The van der Waals surface area contributed by atoms with Gasteiger partial charge in [-0.05, 0) is 55.8 Å². The number of nitrogens with one attached hydrogen (secondary N) is 1. The number of carbonyl (C=O) groups is 1. The fraction of sp³-hybridized carbons (Fsp3) is 0.286. The zero-order valence-electron chi connectivity index (χ0n) is 16.1. The number of thioether (sulfide) groups is 1. The Morgan fingerprint density at radius 2 is 2.00 bits per heavy atom. The highest BCUT2D eigenvalue weighted by Gasteiger charge is 2.22. The van der Waals surface area contributed by atoms with E-state index in [9.17, 15) is 9.59 Å². The molecule has 1 amide bonds. The third-order valence-corrected chi connectivity index (χ3v) is 6.20. The molecule has 0 aliphatic heterocycles. The molecule has 1 unspecified atom stereocenters. The fourth-order valence-electron chi connectivity index (χ4n) is 2.98. The third kappa shape index (κ3) is 5.62. The molecule has 1 heterocycles. The molecule has 0 spiro atoms. The van der Waals surface area contributed by atoms with E-state index in [-0.39, 0.29) is 23.3 Å². The van der Waals surface area contributed by atoms with Crippen LogP contribution in [0.1, 0.15) is 26.1 Å². The summed E-state index contributed by atoms with van der Waals surface area (Å²) in [5, 5.41) is 0.734. The van der Waals surface area contributed by atoms with Gasteiger partial charge in [0.2, 0.25) is 5.91 Å². The van der Waals surface area contributed by atoms with Crippen molar-refractivity contribution in [2.24, 2.45) is 0 Å². The largest absolute Gasteiger partial charge is 0.334 e. The van der Waals surface area contributed by atoms with Gasteiger partial charge in [-0.3, -0.25) is 9.59 Å². The van der Waals surface area contributed by atoms with Crippen LogP contribution in [-0.2, 0) is 11.3 Å². The number of halogens is 2. The molecule has 0 saturated carbocycles. The minimum Gasteiger partial charge on any atom is -0.334 e. The van der Waals surface area contributed by atoms with Crippen molar-refractivity contribution in [3.63, 3.8) is 0 Å². The van der Waals surface area contributed by atoms with Gasteiger partial charge in [0.25, 0.3) is 5.56 Å². The number of rotatable bonds is 7. The van der Waals surface area contributed by atoms with Crippen molar-refractivity contribution < 1.29 is 4.79 Å². The Morgan fingerprint density at radius 3 is 2.69 bits per heavy atom. The normalized spacial score (nSPS) is 12.1. The lowest BCUT2D eigenvalue weighted by Crippen LogP contribution is -2.37. The number of benzene rings is 2. The summed E-state index contributed by atoms with van der Waals surface area (Å²) in [5.74, 6) is 0.459. The number of H-pyrrole nitrogens is 1. The summed E-state index contributed by atoms with van der Waals surface area (Å²) in [6.07, 6.45) is 0.811. The monoisotopic (exact) mass is 493 g/mol. The molecule has 152 valence electrons. The number of carbonyl (C=O) groups excluding carboxylic acids is 1. The van der Waals surface area contributed by atoms with Crippen molar-refractivity contribution in [1.29, 1.82) is 0 Å². The van der Waals surface area contributed by atoms with Gasteiger partial charge in [0.1, 0.15) is 5.82 Å². The molecule has 1 atom stereocenters. The minimum absolute atomic E-state index is 0.00797. The molecule has 0 aliphatic rings. The van der Waals surface area contributed by atoms with Crippen molar-refractivity contribution in [2.45, 2.75) is 37.0 Å². The van der Waals surface area contributed by atoms with Crippen LogP contribution in [0.5, 0.6) is 0 Å². The lowest BCUT2D eigenvalue weighted by molar-refractivity contribution is -0.131. The Kier molecular flexibility index (Phi) is 7.38. The summed E-state index contributed by atoms with van der Waals surface area (Å²) in [4.78, 5) is 35.5. The zero-order chi connectivity index (χ0) is 21.0. The third-order valence-electron chi connectivity index (χ3n) is 4.34. The summed E-state index contributed by atoms with van der Waals surface area (Å²) in [5.41, 5.74) is 0.292. The van der Waals surface area contributed by atoms with Gasteiger partial charge in [-0.25, -0.2) is 4.98 Å². The summed E-state index contributed by atoms with van der Waals surface area (Å²) >= 11 is 11.0. The van der Waals surface area contributed by atoms with E-state index in [1.54, 1.807) is 23.1 Å². The molecule has 0 aliphatic carbocycles. The molecular weight excluding hydrogens is 474 g/mol. The number of hydrogen-bond acceptors (Lipinski definition) is 4. The van der Waals surface area contributed by atoms with E-state index in [1.807, 2.05) is 38.1 Å². The van der Waals surface area contributed by atoms with Crippen LogP contribution in [0.4, 0.5) is 0 Å².